The number of carbonyl (C=O) groups is 2. The highest BCUT2D eigenvalue weighted by Gasteiger charge is 2.26. The fourth-order valence-electron chi connectivity index (χ4n) is 2.60. The number of carboxylic acid groups (broad SMARTS) is 1. The van der Waals surface area contributed by atoms with Gasteiger partial charge >= 0.3 is 5.97 Å². The molecule has 1 aromatic heterocycles. The van der Waals surface area contributed by atoms with Gasteiger partial charge in [-0.2, -0.15) is 5.10 Å². The van der Waals surface area contributed by atoms with Gasteiger partial charge in [-0.05, 0) is 25.9 Å². The van der Waals surface area contributed by atoms with Crippen molar-refractivity contribution in [2.24, 2.45) is 13.0 Å². The third kappa shape index (κ3) is 2.98. The Morgan fingerprint density at radius 2 is 2.10 bits per heavy atom. The number of aryl methyl sites for hydroxylation is 1. The lowest BCUT2D eigenvalue weighted by atomic mass is 9.96. The predicted molar refractivity (Wildman–Crippen MR) is 72.2 cm³/mol. The van der Waals surface area contributed by atoms with Gasteiger partial charge in [0.2, 0.25) is 5.91 Å². The zero-order valence-corrected chi connectivity index (χ0v) is 11.8. The van der Waals surface area contributed by atoms with Crippen LogP contribution in [-0.2, 0) is 18.4 Å². The van der Waals surface area contributed by atoms with Crippen LogP contribution in [0.3, 0.4) is 0 Å². The molecule has 1 aliphatic heterocycles. The van der Waals surface area contributed by atoms with Crippen molar-refractivity contribution in [2.75, 3.05) is 20.1 Å². The Bertz CT molecular complexity index is 504. The lowest BCUT2D eigenvalue weighted by molar-refractivity contribution is -0.125. The summed E-state index contributed by atoms with van der Waals surface area (Å²) in [5, 5.41) is 15.8. The summed E-state index contributed by atoms with van der Waals surface area (Å²) in [5.41, 5.74) is 0.955. The number of carbonyl (C=O) groups excluding carboxylic acids is 1. The highest BCUT2D eigenvalue weighted by atomic mass is 16.4. The summed E-state index contributed by atoms with van der Waals surface area (Å²) in [6.07, 6.45) is 2.99. The molecule has 2 rings (SSSR count). The number of hydrogen-bond acceptors (Lipinski definition) is 4. The second-order valence-corrected chi connectivity index (χ2v) is 5.10. The number of aromatic nitrogens is 2. The van der Waals surface area contributed by atoms with E-state index in [-0.39, 0.29) is 17.4 Å². The molecule has 1 fully saturated rings. The van der Waals surface area contributed by atoms with E-state index >= 15 is 0 Å². The van der Waals surface area contributed by atoms with Gasteiger partial charge in [0.05, 0.1) is 11.9 Å². The van der Waals surface area contributed by atoms with Crippen molar-refractivity contribution in [2.45, 2.75) is 19.4 Å². The predicted octanol–water partition coefficient (Wildman–Crippen LogP) is 0.0763. The van der Waals surface area contributed by atoms with Gasteiger partial charge in [0.25, 0.3) is 0 Å². The van der Waals surface area contributed by atoms with Crippen LogP contribution < -0.4 is 5.32 Å². The minimum Gasteiger partial charge on any atom is -0.478 e. The lowest BCUT2D eigenvalue weighted by Crippen LogP contribution is -2.39. The normalized spacial score (nSPS) is 17.1. The van der Waals surface area contributed by atoms with Crippen LogP contribution in [0.25, 0.3) is 0 Å². The first-order chi connectivity index (χ1) is 9.52. The van der Waals surface area contributed by atoms with E-state index in [0.717, 1.165) is 25.9 Å². The maximum absolute atomic E-state index is 11.6. The minimum atomic E-state index is -0.951. The monoisotopic (exact) mass is 280 g/mol. The molecule has 7 heteroatoms. The average Bonchev–Trinajstić information content (AvgIpc) is 2.80. The molecule has 1 amide bonds. The zero-order chi connectivity index (χ0) is 14.7. The molecule has 2 N–H and O–H groups in total. The van der Waals surface area contributed by atoms with Crippen LogP contribution >= 0.6 is 0 Å². The average molecular weight is 280 g/mol. The standard InChI is InChI=1S/C13H20N4O3/c1-14-12(18)9-3-5-17(6-4-9)8-11-10(13(19)20)7-15-16(11)2/h7,9H,3-6,8H2,1-2H3,(H,14,18)(H,19,20). The van der Waals surface area contributed by atoms with Crippen molar-refractivity contribution in [3.8, 4) is 0 Å². The summed E-state index contributed by atoms with van der Waals surface area (Å²) in [7, 11) is 3.41. The largest absolute Gasteiger partial charge is 0.478 e. The molecule has 1 aliphatic rings. The van der Waals surface area contributed by atoms with Crippen LogP contribution in [0.4, 0.5) is 0 Å². The molecular formula is C13H20N4O3. The minimum absolute atomic E-state index is 0.0710. The van der Waals surface area contributed by atoms with Crippen molar-refractivity contribution in [1.29, 1.82) is 0 Å². The zero-order valence-electron chi connectivity index (χ0n) is 11.8. The quantitative estimate of drug-likeness (QED) is 0.815. The van der Waals surface area contributed by atoms with Gasteiger partial charge in [0.15, 0.2) is 0 Å². The Balaban J connectivity index is 1.98. The number of rotatable bonds is 4. The summed E-state index contributed by atoms with van der Waals surface area (Å²) in [6.45, 7) is 2.14. The molecule has 0 radical (unpaired) electrons. The first-order valence-corrected chi connectivity index (χ1v) is 6.71. The highest BCUT2D eigenvalue weighted by molar-refractivity contribution is 5.88. The number of aromatic carboxylic acids is 1. The third-order valence-electron chi connectivity index (χ3n) is 3.87. The van der Waals surface area contributed by atoms with E-state index in [1.54, 1.807) is 18.8 Å². The Morgan fingerprint density at radius 1 is 1.45 bits per heavy atom. The van der Waals surface area contributed by atoms with Gasteiger partial charge in [-0.1, -0.05) is 0 Å². The summed E-state index contributed by atoms with van der Waals surface area (Å²) < 4.78 is 1.61. The fourth-order valence-corrected chi connectivity index (χ4v) is 2.60. The molecule has 2 heterocycles. The molecule has 7 nitrogen and oxygen atoms in total. The molecule has 0 aromatic carbocycles. The fraction of sp³-hybridized carbons (Fsp3) is 0.615. The summed E-state index contributed by atoms with van der Waals surface area (Å²) in [4.78, 5) is 24.9. The number of carboxylic acids is 1. The molecule has 20 heavy (non-hydrogen) atoms. The van der Waals surface area contributed by atoms with Crippen LogP contribution in [-0.4, -0.2) is 51.8 Å². The van der Waals surface area contributed by atoms with Crippen LogP contribution in [0.1, 0.15) is 28.9 Å². The van der Waals surface area contributed by atoms with Crippen molar-refractivity contribution >= 4 is 11.9 Å². The van der Waals surface area contributed by atoms with Gasteiger partial charge in [-0.25, -0.2) is 4.79 Å². The van der Waals surface area contributed by atoms with E-state index in [2.05, 4.69) is 15.3 Å². The topological polar surface area (TPSA) is 87.5 Å². The van der Waals surface area contributed by atoms with Crippen LogP contribution in [0.5, 0.6) is 0 Å². The van der Waals surface area contributed by atoms with E-state index in [1.807, 2.05) is 0 Å². The van der Waals surface area contributed by atoms with Crippen molar-refractivity contribution < 1.29 is 14.7 Å². The van der Waals surface area contributed by atoms with Gasteiger partial charge in [-0.3, -0.25) is 14.4 Å². The molecule has 0 atom stereocenters. The number of nitrogens with zero attached hydrogens (tertiary/aromatic N) is 3. The van der Waals surface area contributed by atoms with E-state index < -0.39 is 5.97 Å². The second-order valence-electron chi connectivity index (χ2n) is 5.10. The molecular weight excluding hydrogens is 260 g/mol. The van der Waals surface area contributed by atoms with Crippen LogP contribution in [0.15, 0.2) is 6.20 Å². The maximum atomic E-state index is 11.6. The summed E-state index contributed by atoms with van der Waals surface area (Å²) in [6, 6.07) is 0. The number of amides is 1. The number of piperidine rings is 1. The van der Waals surface area contributed by atoms with Crippen LogP contribution in [0.2, 0.25) is 0 Å². The van der Waals surface area contributed by atoms with E-state index in [0.29, 0.717) is 12.2 Å². The summed E-state index contributed by atoms with van der Waals surface area (Å²) >= 11 is 0. The Morgan fingerprint density at radius 3 is 2.65 bits per heavy atom. The molecule has 0 unspecified atom stereocenters. The van der Waals surface area contributed by atoms with Crippen molar-refractivity contribution in [3.05, 3.63) is 17.5 Å². The van der Waals surface area contributed by atoms with Crippen molar-refractivity contribution in [3.63, 3.8) is 0 Å². The third-order valence-corrected chi connectivity index (χ3v) is 3.87. The van der Waals surface area contributed by atoms with Crippen molar-refractivity contribution in [1.82, 2.24) is 20.0 Å². The molecule has 110 valence electrons. The molecule has 1 saturated heterocycles. The van der Waals surface area contributed by atoms with E-state index in [4.69, 9.17) is 5.11 Å². The molecule has 0 spiro atoms. The number of hydrogen-bond donors (Lipinski definition) is 2. The molecule has 0 aliphatic carbocycles. The lowest BCUT2D eigenvalue weighted by Gasteiger charge is -2.31. The van der Waals surface area contributed by atoms with Gasteiger partial charge in [0, 0.05) is 26.6 Å². The first kappa shape index (κ1) is 14.5. The van der Waals surface area contributed by atoms with E-state index in [1.165, 1.54) is 6.20 Å². The Labute approximate surface area is 117 Å². The van der Waals surface area contributed by atoms with Gasteiger partial charge < -0.3 is 10.4 Å². The van der Waals surface area contributed by atoms with Crippen LogP contribution in [0, 0.1) is 5.92 Å². The SMILES string of the molecule is CNC(=O)C1CCN(Cc2c(C(=O)O)cnn2C)CC1. The van der Waals surface area contributed by atoms with Gasteiger partial charge in [-0.15, -0.1) is 0 Å². The van der Waals surface area contributed by atoms with Gasteiger partial charge in [0.1, 0.15) is 5.56 Å². The Hall–Kier alpha value is -1.89. The maximum Gasteiger partial charge on any atom is 0.339 e. The summed E-state index contributed by atoms with van der Waals surface area (Å²) in [5.74, 6) is -0.786. The van der Waals surface area contributed by atoms with E-state index in [9.17, 15) is 9.59 Å². The second kappa shape index (κ2) is 6.04. The molecule has 1 aromatic rings. The smallest absolute Gasteiger partial charge is 0.339 e. The molecule has 0 saturated carbocycles. The number of nitrogens with one attached hydrogen (secondary N) is 1. The highest BCUT2D eigenvalue weighted by Crippen LogP contribution is 2.20. The molecule has 0 bridgehead atoms. The first-order valence-electron chi connectivity index (χ1n) is 6.71. The Kier molecular flexibility index (Phi) is 4.39. The number of likely N-dealkylation sites (tertiary alicyclic amines) is 1.